The van der Waals surface area contributed by atoms with Crippen molar-refractivity contribution >= 4 is 17.3 Å². The first-order valence-corrected chi connectivity index (χ1v) is 6.59. The third-order valence-electron chi connectivity index (χ3n) is 2.92. The Morgan fingerprint density at radius 2 is 1.55 bits per heavy atom. The molecule has 2 aromatic rings. The van der Waals surface area contributed by atoms with E-state index in [1.807, 2.05) is 30.3 Å². The zero-order chi connectivity index (χ0) is 14.6. The molecule has 0 aliphatic heterocycles. The van der Waals surface area contributed by atoms with Gasteiger partial charge in [-0.25, -0.2) is 0 Å². The smallest absolute Gasteiger partial charge is 0.377 e. The molecule has 0 aromatic heterocycles. The first-order valence-electron chi connectivity index (χ1n) is 6.06. The summed E-state index contributed by atoms with van der Waals surface area (Å²) < 4.78 is 38.8. The van der Waals surface area contributed by atoms with Gasteiger partial charge in [-0.2, -0.15) is 13.2 Å². The molecule has 0 fully saturated rings. The van der Waals surface area contributed by atoms with Crippen molar-refractivity contribution in [2.45, 2.75) is 12.2 Å². The molecule has 20 heavy (non-hydrogen) atoms. The van der Waals surface area contributed by atoms with Crippen LogP contribution in [0.25, 0.3) is 0 Å². The summed E-state index contributed by atoms with van der Waals surface area (Å²) in [5.74, 6) is 0.177. The van der Waals surface area contributed by atoms with Crippen LogP contribution in [0.1, 0.15) is 17.2 Å². The van der Waals surface area contributed by atoms with E-state index in [1.54, 1.807) is 6.07 Å². The SMILES string of the molecule is FC(F)(F)c1ccccc1NC(CCl)c1ccccc1. The van der Waals surface area contributed by atoms with E-state index in [-0.39, 0.29) is 17.6 Å². The molecule has 1 atom stereocenters. The second-order valence-corrected chi connectivity index (χ2v) is 4.61. The number of benzene rings is 2. The molecule has 0 heterocycles. The lowest BCUT2D eigenvalue weighted by atomic mass is 10.1. The fourth-order valence-electron chi connectivity index (χ4n) is 1.94. The maximum absolute atomic E-state index is 12.9. The number of hydrogen-bond donors (Lipinski definition) is 1. The second-order valence-electron chi connectivity index (χ2n) is 4.31. The van der Waals surface area contributed by atoms with Crippen molar-refractivity contribution in [3.63, 3.8) is 0 Å². The molecule has 106 valence electrons. The van der Waals surface area contributed by atoms with Crippen LogP contribution in [-0.2, 0) is 6.18 Å². The van der Waals surface area contributed by atoms with Gasteiger partial charge in [0.05, 0.1) is 11.6 Å². The van der Waals surface area contributed by atoms with Crippen molar-refractivity contribution < 1.29 is 13.2 Å². The summed E-state index contributed by atoms with van der Waals surface area (Å²) >= 11 is 5.87. The van der Waals surface area contributed by atoms with E-state index in [0.717, 1.165) is 11.6 Å². The van der Waals surface area contributed by atoms with Crippen LogP contribution in [0.5, 0.6) is 0 Å². The number of hydrogen-bond acceptors (Lipinski definition) is 1. The van der Waals surface area contributed by atoms with Gasteiger partial charge in [0.2, 0.25) is 0 Å². The summed E-state index contributed by atoms with van der Waals surface area (Å²) in [5, 5.41) is 2.87. The van der Waals surface area contributed by atoms with E-state index in [4.69, 9.17) is 11.6 Å². The van der Waals surface area contributed by atoms with E-state index < -0.39 is 11.7 Å². The van der Waals surface area contributed by atoms with Crippen molar-refractivity contribution in [2.24, 2.45) is 0 Å². The summed E-state index contributed by atoms with van der Waals surface area (Å²) in [7, 11) is 0. The molecule has 0 spiro atoms. The molecule has 1 nitrogen and oxygen atoms in total. The maximum Gasteiger partial charge on any atom is 0.418 e. The van der Waals surface area contributed by atoms with Crippen LogP contribution in [0.3, 0.4) is 0 Å². The van der Waals surface area contributed by atoms with Gasteiger partial charge in [-0.1, -0.05) is 42.5 Å². The maximum atomic E-state index is 12.9. The number of para-hydroxylation sites is 1. The van der Waals surface area contributed by atoms with E-state index in [9.17, 15) is 13.2 Å². The van der Waals surface area contributed by atoms with E-state index in [0.29, 0.717) is 0 Å². The van der Waals surface area contributed by atoms with Crippen molar-refractivity contribution in [1.82, 2.24) is 0 Å². The number of alkyl halides is 4. The number of rotatable bonds is 4. The predicted octanol–water partition coefficient (Wildman–Crippen LogP) is 5.10. The van der Waals surface area contributed by atoms with Crippen molar-refractivity contribution in [3.8, 4) is 0 Å². The highest BCUT2D eigenvalue weighted by Gasteiger charge is 2.33. The lowest BCUT2D eigenvalue weighted by Crippen LogP contribution is -2.16. The molecule has 0 aliphatic carbocycles. The monoisotopic (exact) mass is 299 g/mol. The van der Waals surface area contributed by atoms with Gasteiger partial charge in [0.25, 0.3) is 0 Å². The van der Waals surface area contributed by atoms with Crippen LogP contribution in [0, 0.1) is 0 Å². The van der Waals surface area contributed by atoms with E-state index in [1.165, 1.54) is 12.1 Å². The standard InChI is InChI=1S/C15H13ClF3N/c16-10-14(11-6-2-1-3-7-11)20-13-9-5-4-8-12(13)15(17,18)19/h1-9,14,20H,10H2. The summed E-state index contributed by atoms with van der Waals surface area (Å²) in [6, 6.07) is 14.2. The summed E-state index contributed by atoms with van der Waals surface area (Å²) in [6.07, 6.45) is -4.39. The highest BCUT2D eigenvalue weighted by Crippen LogP contribution is 2.36. The first-order chi connectivity index (χ1) is 9.52. The molecule has 0 saturated heterocycles. The van der Waals surface area contributed by atoms with Crippen LogP contribution in [-0.4, -0.2) is 5.88 Å². The minimum atomic E-state index is -4.39. The zero-order valence-corrected chi connectivity index (χ0v) is 11.2. The number of halogens is 4. The number of nitrogens with one attached hydrogen (secondary N) is 1. The van der Waals surface area contributed by atoms with E-state index >= 15 is 0 Å². The molecule has 0 radical (unpaired) electrons. The molecule has 0 amide bonds. The average Bonchev–Trinajstić information content (AvgIpc) is 2.45. The molecule has 1 N–H and O–H groups in total. The van der Waals surface area contributed by atoms with Crippen LogP contribution >= 0.6 is 11.6 Å². The third-order valence-corrected chi connectivity index (χ3v) is 3.23. The van der Waals surface area contributed by atoms with Crippen molar-refractivity contribution in [1.29, 1.82) is 0 Å². The quantitative estimate of drug-likeness (QED) is 0.775. The van der Waals surface area contributed by atoms with Crippen LogP contribution in [0.4, 0.5) is 18.9 Å². The minimum Gasteiger partial charge on any atom is -0.377 e. The molecule has 2 aromatic carbocycles. The van der Waals surface area contributed by atoms with Gasteiger partial charge >= 0.3 is 6.18 Å². The molecule has 0 saturated carbocycles. The Hall–Kier alpha value is -1.68. The van der Waals surface area contributed by atoms with Crippen LogP contribution in [0.2, 0.25) is 0 Å². The Morgan fingerprint density at radius 3 is 2.15 bits per heavy atom. The van der Waals surface area contributed by atoms with Crippen molar-refractivity contribution in [2.75, 3.05) is 11.2 Å². The molecular weight excluding hydrogens is 287 g/mol. The Labute approximate surface area is 120 Å². The van der Waals surface area contributed by atoms with Crippen molar-refractivity contribution in [3.05, 3.63) is 65.7 Å². The Bertz CT molecular complexity index is 555. The van der Waals surface area contributed by atoms with Gasteiger partial charge in [-0.05, 0) is 17.7 Å². The molecular formula is C15H13ClF3N. The van der Waals surface area contributed by atoms with Gasteiger partial charge in [0.1, 0.15) is 0 Å². The fraction of sp³-hybridized carbons (Fsp3) is 0.200. The topological polar surface area (TPSA) is 12.0 Å². The first kappa shape index (κ1) is 14.7. The van der Waals surface area contributed by atoms with Gasteiger partial charge in [-0.3, -0.25) is 0 Å². The Kier molecular flexibility index (Phi) is 4.55. The summed E-state index contributed by atoms with van der Waals surface area (Å²) in [6.45, 7) is 0. The largest absolute Gasteiger partial charge is 0.418 e. The minimum absolute atomic E-state index is 0.0366. The lowest BCUT2D eigenvalue weighted by Gasteiger charge is -2.21. The molecule has 1 unspecified atom stereocenters. The average molecular weight is 300 g/mol. The zero-order valence-electron chi connectivity index (χ0n) is 10.5. The molecule has 0 bridgehead atoms. The normalized spacial score (nSPS) is 13.0. The summed E-state index contributed by atoms with van der Waals surface area (Å²) in [4.78, 5) is 0. The van der Waals surface area contributed by atoms with Gasteiger partial charge in [0.15, 0.2) is 0 Å². The summed E-state index contributed by atoms with van der Waals surface area (Å²) in [5.41, 5.74) is 0.194. The molecule has 2 rings (SSSR count). The van der Waals surface area contributed by atoms with Gasteiger partial charge in [-0.15, -0.1) is 11.6 Å². The lowest BCUT2D eigenvalue weighted by molar-refractivity contribution is -0.137. The fourth-order valence-corrected chi connectivity index (χ4v) is 2.20. The third kappa shape index (κ3) is 3.45. The highest BCUT2D eigenvalue weighted by atomic mass is 35.5. The van der Waals surface area contributed by atoms with Crippen LogP contribution < -0.4 is 5.32 Å². The Balaban J connectivity index is 2.29. The number of anilines is 1. The molecule has 5 heteroatoms. The highest BCUT2D eigenvalue weighted by molar-refractivity contribution is 6.18. The molecule has 0 aliphatic rings. The predicted molar refractivity (Wildman–Crippen MR) is 75.0 cm³/mol. The van der Waals surface area contributed by atoms with Crippen LogP contribution in [0.15, 0.2) is 54.6 Å². The Morgan fingerprint density at radius 1 is 0.950 bits per heavy atom. The van der Waals surface area contributed by atoms with Gasteiger partial charge in [0, 0.05) is 11.6 Å². The second kappa shape index (κ2) is 6.18. The van der Waals surface area contributed by atoms with E-state index in [2.05, 4.69) is 5.32 Å². The van der Waals surface area contributed by atoms with Gasteiger partial charge < -0.3 is 5.32 Å².